The summed E-state index contributed by atoms with van der Waals surface area (Å²) in [5.41, 5.74) is -0.873. The van der Waals surface area contributed by atoms with E-state index in [9.17, 15) is 14.7 Å². The Hall–Kier alpha value is -1.14. The maximum absolute atomic E-state index is 11.3. The van der Waals surface area contributed by atoms with Crippen LogP contribution in [0.4, 0.5) is 4.79 Å². The minimum Gasteiger partial charge on any atom is -0.453 e. The van der Waals surface area contributed by atoms with E-state index in [2.05, 4.69) is 10.1 Å². The van der Waals surface area contributed by atoms with E-state index in [1.807, 2.05) is 6.92 Å². The van der Waals surface area contributed by atoms with Crippen LogP contribution in [0.2, 0.25) is 0 Å². The van der Waals surface area contributed by atoms with Gasteiger partial charge in [-0.25, -0.2) is 4.79 Å². The topological polar surface area (TPSA) is 78.9 Å². The molecule has 0 aliphatic heterocycles. The first-order chi connectivity index (χ1) is 7.28. The summed E-state index contributed by atoms with van der Waals surface area (Å²) in [6.07, 6.45) is -0.774. The molecule has 0 saturated heterocycles. The largest absolute Gasteiger partial charge is 0.453 e. The molecule has 6 nitrogen and oxygen atoms in total. The number of hydrogen-bond acceptors (Lipinski definition) is 5. The van der Waals surface area contributed by atoms with Gasteiger partial charge in [0.1, 0.15) is 0 Å². The van der Waals surface area contributed by atoms with Crippen LogP contribution in [0.15, 0.2) is 0 Å². The Kier molecular flexibility index (Phi) is 5.98. The Morgan fingerprint density at radius 1 is 1.44 bits per heavy atom. The minimum atomic E-state index is -0.873. The first kappa shape index (κ1) is 14.9. The number of carbonyl (C=O) groups is 2. The average Bonchev–Trinajstić information content (AvgIpc) is 2.14. The lowest BCUT2D eigenvalue weighted by Crippen LogP contribution is -2.45. The van der Waals surface area contributed by atoms with Gasteiger partial charge in [-0.05, 0) is 20.4 Å². The number of aliphatic hydroxyl groups is 1. The van der Waals surface area contributed by atoms with Gasteiger partial charge in [0.05, 0.1) is 19.3 Å². The number of imide groups is 1. The molecule has 0 aromatic carbocycles. The van der Waals surface area contributed by atoms with Crippen molar-refractivity contribution >= 4 is 12.0 Å². The molecular weight excluding hydrogens is 212 g/mol. The second kappa shape index (κ2) is 6.44. The monoisotopic (exact) mass is 232 g/mol. The third kappa shape index (κ3) is 7.19. The van der Waals surface area contributed by atoms with Gasteiger partial charge in [0.25, 0.3) is 0 Å². The number of nitrogens with one attached hydrogen (secondary N) is 1. The Balaban J connectivity index is 4.12. The first-order valence-electron chi connectivity index (χ1n) is 5.11. The van der Waals surface area contributed by atoms with Crippen LogP contribution in [-0.2, 0) is 9.53 Å². The highest BCUT2D eigenvalue weighted by molar-refractivity contribution is 5.92. The van der Waals surface area contributed by atoms with Crippen molar-refractivity contribution < 1.29 is 19.4 Å². The quantitative estimate of drug-likeness (QED) is 0.695. The number of methoxy groups -OCH3 is 1. The van der Waals surface area contributed by atoms with E-state index in [0.29, 0.717) is 13.1 Å². The maximum atomic E-state index is 11.3. The molecule has 0 radical (unpaired) electrons. The molecule has 0 bridgehead atoms. The fraction of sp³-hybridized carbons (Fsp3) is 0.800. The summed E-state index contributed by atoms with van der Waals surface area (Å²) in [7, 11) is 1.19. The van der Waals surface area contributed by atoms with E-state index < -0.39 is 17.6 Å². The number of rotatable bonds is 5. The van der Waals surface area contributed by atoms with Crippen LogP contribution in [0.5, 0.6) is 0 Å². The van der Waals surface area contributed by atoms with Crippen LogP contribution in [0, 0.1) is 0 Å². The van der Waals surface area contributed by atoms with Crippen molar-refractivity contribution in [3.63, 3.8) is 0 Å². The van der Waals surface area contributed by atoms with Gasteiger partial charge in [-0.2, -0.15) is 0 Å². The Labute approximate surface area is 95.6 Å². The Bertz CT molecular complexity index is 248. The number of carbonyl (C=O) groups excluding carboxylic acids is 2. The van der Waals surface area contributed by atoms with Gasteiger partial charge in [-0.1, -0.05) is 6.92 Å². The average molecular weight is 232 g/mol. The van der Waals surface area contributed by atoms with Crippen LogP contribution in [-0.4, -0.2) is 54.4 Å². The van der Waals surface area contributed by atoms with Crippen molar-refractivity contribution in [3.8, 4) is 0 Å². The zero-order valence-electron chi connectivity index (χ0n) is 10.2. The number of amides is 2. The summed E-state index contributed by atoms with van der Waals surface area (Å²) >= 11 is 0. The highest BCUT2D eigenvalue weighted by Gasteiger charge is 2.19. The van der Waals surface area contributed by atoms with Crippen LogP contribution >= 0.6 is 0 Å². The lowest BCUT2D eigenvalue weighted by atomic mass is 10.1. The lowest BCUT2D eigenvalue weighted by Gasteiger charge is -2.27. The molecule has 0 spiro atoms. The second-order valence-electron chi connectivity index (χ2n) is 4.16. The zero-order chi connectivity index (χ0) is 12.8. The van der Waals surface area contributed by atoms with Crippen molar-refractivity contribution in [1.82, 2.24) is 10.2 Å². The molecule has 6 heteroatoms. The van der Waals surface area contributed by atoms with Gasteiger partial charge >= 0.3 is 6.09 Å². The fourth-order valence-corrected chi connectivity index (χ4v) is 1.23. The van der Waals surface area contributed by atoms with E-state index >= 15 is 0 Å². The molecule has 0 rings (SSSR count). The molecule has 0 aromatic rings. The van der Waals surface area contributed by atoms with Gasteiger partial charge in [-0.3, -0.25) is 15.0 Å². The summed E-state index contributed by atoms with van der Waals surface area (Å²) in [5.74, 6) is -0.446. The number of nitrogens with zero attached hydrogens (tertiary/aromatic N) is 1. The molecule has 0 heterocycles. The van der Waals surface area contributed by atoms with Crippen LogP contribution in [0.25, 0.3) is 0 Å². The molecule has 0 aliphatic carbocycles. The van der Waals surface area contributed by atoms with E-state index in [4.69, 9.17) is 0 Å². The van der Waals surface area contributed by atoms with Crippen molar-refractivity contribution in [2.24, 2.45) is 0 Å². The molecule has 94 valence electrons. The summed E-state index contributed by atoms with van der Waals surface area (Å²) < 4.78 is 4.30. The molecule has 0 fully saturated rings. The third-order valence-corrected chi connectivity index (χ3v) is 1.85. The summed E-state index contributed by atoms with van der Waals surface area (Å²) in [5, 5.41) is 11.7. The smallest absolute Gasteiger partial charge is 0.413 e. The van der Waals surface area contributed by atoms with Crippen molar-refractivity contribution in [2.75, 3.05) is 26.7 Å². The molecule has 0 aromatic heterocycles. The second-order valence-corrected chi connectivity index (χ2v) is 4.16. The Morgan fingerprint density at radius 2 is 2.00 bits per heavy atom. The highest BCUT2D eigenvalue weighted by Crippen LogP contribution is 2.04. The number of likely N-dealkylation sites (N-methyl/N-ethyl adjacent to an activating group) is 1. The van der Waals surface area contributed by atoms with Crippen LogP contribution < -0.4 is 5.32 Å². The predicted octanol–water partition coefficient (Wildman–Crippen LogP) is -0.0382. The fourth-order valence-electron chi connectivity index (χ4n) is 1.23. The van der Waals surface area contributed by atoms with E-state index in [0.717, 1.165) is 0 Å². The van der Waals surface area contributed by atoms with Gasteiger partial charge in [0.2, 0.25) is 5.91 Å². The van der Waals surface area contributed by atoms with E-state index in [-0.39, 0.29) is 6.54 Å². The molecule has 0 unspecified atom stereocenters. The zero-order valence-corrected chi connectivity index (χ0v) is 10.2. The molecule has 16 heavy (non-hydrogen) atoms. The minimum absolute atomic E-state index is 0.0512. The number of ether oxygens (including phenoxy) is 1. The van der Waals surface area contributed by atoms with Crippen LogP contribution in [0.1, 0.15) is 20.8 Å². The standard InChI is InChI=1S/C10H20N2O4/c1-5-12(7-10(2,3)15)6-8(13)11-9(14)16-4/h15H,5-7H2,1-4H3,(H,11,13,14). The molecule has 0 atom stereocenters. The lowest BCUT2D eigenvalue weighted by molar-refractivity contribution is -0.122. The van der Waals surface area contributed by atoms with E-state index in [1.165, 1.54) is 7.11 Å². The van der Waals surface area contributed by atoms with Gasteiger partial charge < -0.3 is 9.84 Å². The highest BCUT2D eigenvalue weighted by atomic mass is 16.5. The van der Waals surface area contributed by atoms with Crippen LogP contribution in [0.3, 0.4) is 0 Å². The van der Waals surface area contributed by atoms with Gasteiger partial charge in [-0.15, -0.1) is 0 Å². The number of alkyl carbamates (subject to hydrolysis) is 1. The van der Waals surface area contributed by atoms with Crippen molar-refractivity contribution in [3.05, 3.63) is 0 Å². The predicted molar refractivity (Wildman–Crippen MR) is 59.0 cm³/mol. The maximum Gasteiger partial charge on any atom is 0.413 e. The summed E-state index contributed by atoms with van der Waals surface area (Å²) in [6.45, 7) is 6.21. The number of hydrogen-bond donors (Lipinski definition) is 2. The van der Waals surface area contributed by atoms with E-state index in [1.54, 1.807) is 18.7 Å². The summed E-state index contributed by atoms with van der Waals surface area (Å²) in [4.78, 5) is 23.8. The molecule has 0 aliphatic rings. The SMILES string of the molecule is CCN(CC(=O)NC(=O)OC)CC(C)(C)O. The normalized spacial score (nSPS) is 11.4. The molecule has 2 amide bonds. The first-order valence-corrected chi connectivity index (χ1v) is 5.11. The summed E-state index contributed by atoms with van der Waals surface area (Å²) in [6, 6.07) is 0. The van der Waals surface area contributed by atoms with Crippen molar-refractivity contribution in [2.45, 2.75) is 26.4 Å². The molecule has 0 saturated carbocycles. The van der Waals surface area contributed by atoms with Gasteiger partial charge in [0.15, 0.2) is 0 Å². The van der Waals surface area contributed by atoms with Crippen molar-refractivity contribution in [1.29, 1.82) is 0 Å². The Morgan fingerprint density at radius 3 is 2.38 bits per heavy atom. The molecular formula is C10H20N2O4. The molecule has 2 N–H and O–H groups in total. The van der Waals surface area contributed by atoms with Gasteiger partial charge in [0, 0.05) is 6.54 Å². The third-order valence-electron chi connectivity index (χ3n) is 1.85.